The molecule has 0 atom stereocenters. The van der Waals surface area contributed by atoms with Crippen molar-refractivity contribution in [1.82, 2.24) is 0 Å². The summed E-state index contributed by atoms with van der Waals surface area (Å²) in [6.45, 7) is 9.50. The zero-order valence-electron chi connectivity index (χ0n) is 9.13. The zero-order chi connectivity index (χ0) is 11.2. The number of ketones is 1. The van der Waals surface area contributed by atoms with Crippen molar-refractivity contribution < 1.29 is 14.3 Å². The van der Waals surface area contributed by atoms with Crippen LogP contribution in [-0.4, -0.2) is 11.8 Å². The Hall–Kier alpha value is -1.12. The molecular formula is C11H18O3. The van der Waals surface area contributed by atoms with Crippen LogP contribution >= 0.6 is 0 Å². The van der Waals surface area contributed by atoms with Crippen molar-refractivity contribution in [1.29, 1.82) is 0 Å². The summed E-state index contributed by atoms with van der Waals surface area (Å²) in [5.74, 6) is -1.29. The van der Waals surface area contributed by atoms with Gasteiger partial charge in [0.1, 0.15) is 0 Å². The van der Waals surface area contributed by atoms with Gasteiger partial charge in [-0.05, 0) is 18.3 Å². The second-order valence-electron chi connectivity index (χ2n) is 4.41. The Morgan fingerprint density at radius 2 is 1.93 bits per heavy atom. The lowest BCUT2D eigenvalue weighted by Gasteiger charge is -2.16. The van der Waals surface area contributed by atoms with E-state index in [2.05, 4.69) is 32.1 Å². The molecule has 80 valence electrons. The van der Waals surface area contributed by atoms with Gasteiger partial charge in [-0.2, -0.15) is 0 Å². The molecule has 0 bridgehead atoms. The van der Waals surface area contributed by atoms with E-state index < -0.39 is 11.8 Å². The molecule has 0 spiro atoms. The molecule has 0 fully saturated rings. The largest absolute Gasteiger partial charge is 0.429 e. The molecule has 0 N–H and O–H groups in total. The quantitative estimate of drug-likeness (QED) is 0.387. The maximum atomic E-state index is 11.1. The van der Waals surface area contributed by atoms with Gasteiger partial charge in [0.2, 0.25) is 5.78 Å². The first-order valence-electron chi connectivity index (χ1n) is 4.71. The molecule has 0 aromatic heterocycles. The van der Waals surface area contributed by atoms with Crippen LogP contribution in [0.1, 0.15) is 40.0 Å². The predicted molar refractivity (Wildman–Crippen MR) is 54.6 cm³/mol. The molecule has 0 saturated carbocycles. The van der Waals surface area contributed by atoms with Gasteiger partial charge < -0.3 is 4.74 Å². The normalized spacial score (nSPS) is 10.8. The number of hydrogen-bond donors (Lipinski definition) is 0. The van der Waals surface area contributed by atoms with Crippen LogP contribution in [0.15, 0.2) is 12.8 Å². The maximum absolute atomic E-state index is 11.1. The Morgan fingerprint density at radius 1 is 1.36 bits per heavy atom. The zero-order valence-corrected chi connectivity index (χ0v) is 9.13. The summed E-state index contributed by atoms with van der Waals surface area (Å²) in [4.78, 5) is 22.0. The summed E-state index contributed by atoms with van der Waals surface area (Å²) in [5.41, 5.74) is 0.197. The first-order chi connectivity index (χ1) is 6.37. The molecule has 0 aliphatic rings. The number of rotatable bonds is 5. The minimum Gasteiger partial charge on any atom is -0.429 e. The van der Waals surface area contributed by atoms with Crippen LogP contribution < -0.4 is 0 Å². The lowest BCUT2D eigenvalue weighted by atomic mass is 9.89. The Kier molecular flexibility index (Phi) is 5.13. The van der Waals surface area contributed by atoms with Gasteiger partial charge in [-0.3, -0.25) is 4.79 Å². The van der Waals surface area contributed by atoms with Crippen LogP contribution in [0.5, 0.6) is 0 Å². The summed E-state index contributed by atoms with van der Waals surface area (Å²) in [7, 11) is 0. The SMILES string of the molecule is C=COC(=O)C(=O)CCCC(C)(C)C. The molecule has 0 aromatic carbocycles. The number of carbonyl (C=O) groups excluding carboxylic acids is 2. The number of esters is 1. The standard InChI is InChI=1S/C11H18O3/c1-5-14-10(13)9(12)7-6-8-11(2,3)4/h5H,1,6-8H2,2-4H3. The summed E-state index contributed by atoms with van der Waals surface area (Å²) < 4.78 is 4.36. The molecule has 0 amide bonds. The molecule has 0 aliphatic carbocycles. The van der Waals surface area contributed by atoms with E-state index in [1.807, 2.05) is 0 Å². The topological polar surface area (TPSA) is 43.4 Å². The van der Waals surface area contributed by atoms with Crippen molar-refractivity contribution in [2.75, 3.05) is 0 Å². The monoisotopic (exact) mass is 198 g/mol. The third kappa shape index (κ3) is 6.40. The molecule has 0 aromatic rings. The van der Waals surface area contributed by atoms with Crippen LogP contribution in [0.3, 0.4) is 0 Å². The highest BCUT2D eigenvalue weighted by molar-refractivity contribution is 6.33. The van der Waals surface area contributed by atoms with Gasteiger partial charge in [0, 0.05) is 6.42 Å². The lowest BCUT2D eigenvalue weighted by molar-refractivity contribution is -0.149. The average Bonchev–Trinajstić information content (AvgIpc) is 2.02. The number of ether oxygens (including phenoxy) is 1. The fourth-order valence-corrected chi connectivity index (χ4v) is 1.02. The second-order valence-corrected chi connectivity index (χ2v) is 4.41. The molecule has 0 unspecified atom stereocenters. The van der Waals surface area contributed by atoms with Gasteiger partial charge in [0.05, 0.1) is 6.26 Å². The summed E-state index contributed by atoms with van der Waals surface area (Å²) in [6, 6.07) is 0. The minimum absolute atomic E-state index is 0.197. The maximum Gasteiger partial charge on any atom is 0.379 e. The van der Waals surface area contributed by atoms with E-state index in [1.54, 1.807) is 0 Å². The summed E-state index contributed by atoms with van der Waals surface area (Å²) in [5, 5.41) is 0. The van der Waals surface area contributed by atoms with E-state index in [0.717, 1.165) is 12.7 Å². The smallest absolute Gasteiger partial charge is 0.379 e. The first-order valence-corrected chi connectivity index (χ1v) is 4.71. The Balaban J connectivity index is 3.75. The summed E-state index contributed by atoms with van der Waals surface area (Å²) >= 11 is 0. The van der Waals surface area contributed by atoms with Gasteiger partial charge in [0.25, 0.3) is 0 Å². The number of Topliss-reactive ketones (excluding diaryl/α,β-unsaturated/α-hetero) is 1. The lowest BCUT2D eigenvalue weighted by Crippen LogP contribution is -2.15. The van der Waals surface area contributed by atoms with Gasteiger partial charge >= 0.3 is 5.97 Å². The predicted octanol–water partition coefficient (Wildman–Crippen LogP) is 2.46. The summed E-state index contributed by atoms with van der Waals surface area (Å²) in [6.07, 6.45) is 2.86. The van der Waals surface area contributed by atoms with Crippen molar-refractivity contribution in [3.05, 3.63) is 12.8 Å². The van der Waals surface area contributed by atoms with Gasteiger partial charge in [-0.1, -0.05) is 27.4 Å². The molecule has 3 heteroatoms. The number of carbonyl (C=O) groups is 2. The van der Waals surface area contributed by atoms with E-state index in [-0.39, 0.29) is 11.8 Å². The third-order valence-electron chi connectivity index (χ3n) is 1.75. The van der Waals surface area contributed by atoms with Crippen molar-refractivity contribution in [3.8, 4) is 0 Å². The minimum atomic E-state index is -0.811. The highest BCUT2D eigenvalue weighted by Gasteiger charge is 2.16. The third-order valence-corrected chi connectivity index (χ3v) is 1.75. The van der Waals surface area contributed by atoms with Crippen molar-refractivity contribution in [3.63, 3.8) is 0 Å². The van der Waals surface area contributed by atoms with E-state index in [4.69, 9.17) is 0 Å². The van der Waals surface area contributed by atoms with E-state index in [9.17, 15) is 9.59 Å². The van der Waals surface area contributed by atoms with Gasteiger partial charge in [-0.25, -0.2) is 4.79 Å². The second kappa shape index (κ2) is 5.58. The Morgan fingerprint density at radius 3 is 2.36 bits per heavy atom. The molecule has 0 rings (SSSR count). The van der Waals surface area contributed by atoms with Crippen LogP contribution in [-0.2, 0) is 14.3 Å². The fraction of sp³-hybridized carbons (Fsp3) is 0.636. The fourth-order valence-electron chi connectivity index (χ4n) is 1.02. The van der Waals surface area contributed by atoms with E-state index >= 15 is 0 Å². The van der Waals surface area contributed by atoms with Gasteiger partial charge in [0.15, 0.2) is 0 Å². The molecule has 0 heterocycles. The highest BCUT2D eigenvalue weighted by atomic mass is 16.5. The van der Waals surface area contributed by atoms with E-state index in [1.165, 1.54) is 0 Å². The van der Waals surface area contributed by atoms with E-state index in [0.29, 0.717) is 6.42 Å². The van der Waals surface area contributed by atoms with Crippen molar-refractivity contribution >= 4 is 11.8 Å². The molecule has 0 saturated heterocycles. The molecule has 14 heavy (non-hydrogen) atoms. The Bertz CT molecular complexity index is 223. The highest BCUT2D eigenvalue weighted by Crippen LogP contribution is 2.21. The first kappa shape index (κ1) is 12.9. The number of hydrogen-bond acceptors (Lipinski definition) is 3. The van der Waals surface area contributed by atoms with Gasteiger partial charge in [-0.15, -0.1) is 0 Å². The molecular weight excluding hydrogens is 180 g/mol. The molecule has 0 radical (unpaired) electrons. The van der Waals surface area contributed by atoms with Crippen LogP contribution in [0, 0.1) is 5.41 Å². The Labute approximate surface area is 85.1 Å². The van der Waals surface area contributed by atoms with Crippen LogP contribution in [0.2, 0.25) is 0 Å². The van der Waals surface area contributed by atoms with Crippen molar-refractivity contribution in [2.45, 2.75) is 40.0 Å². The molecule has 3 nitrogen and oxygen atoms in total. The van der Waals surface area contributed by atoms with Crippen LogP contribution in [0.25, 0.3) is 0 Å². The average molecular weight is 198 g/mol. The van der Waals surface area contributed by atoms with Crippen LogP contribution in [0.4, 0.5) is 0 Å². The van der Waals surface area contributed by atoms with Crippen molar-refractivity contribution in [2.24, 2.45) is 5.41 Å². The molecule has 0 aliphatic heterocycles.